The number of amides is 1. The molecule has 1 heterocycles. The van der Waals surface area contributed by atoms with Crippen molar-refractivity contribution >= 4 is 52.4 Å². The van der Waals surface area contributed by atoms with Gasteiger partial charge in [-0.2, -0.15) is 0 Å². The van der Waals surface area contributed by atoms with Gasteiger partial charge in [-0.05, 0) is 33.3 Å². The number of hydrogen-bond acceptors (Lipinski definition) is 7. The molecule has 0 aliphatic carbocycles. The number of hydrogen-bond donors (Lipinski definition) is 1. The van der Waals surface area contributed by atoms with E-state index < -0.39 is 29.1 Å². The normalized spacial score (nSPS) is 13.0. The minimum atomic E-state index is -1.03. The third-order valence-corrected chi connectivity index (χ3v) is 4.31. The Morgan fingerprint density at radius 2 is 1.75 bits per heavy atom. The number of rotatable bonds is 3. The number of carbonyl (C=O) groups is 2. The number of halogens is 2. The highest BCUT2D eigenvalue weighted by molar-refractivity contribution is 7.20. The predicted molar refractivity (Wildman–Crippen MR) is 91.7 cm³/mol. The Morgan fingerprint density at radius 3 is 2.17 bits per heavy atom. The fourth-order valence-electron chi connectivity index (χ4n) is 1.50. The molecule has 0 spiro atoms. The first kappa shape index (κ1) is 20.4. The SMILES string of the molecule is COC(=O)C(N=NC(=O)OC(C)(C)C)=C(O)c1c(Cl)sc(Cl)c1C. The summed E-state index contributed by atoms with van der Waals surface area (Å²) >= 11 is 13.0. The topological polar surface area (TPSA) is 97.6 Å². The summed E-state index contributed by atoms with van der Waals surface area (Å²) in [5.74, 6) is -1.60. The number of carbonyl (C=O) groups excluding carboxylic acids is 2. The van der Waals surface area contributed by atoms with Crippen LogP contribution >= 0.6 is 34.5 Å². The van der Waals surface area contributed by atoms with Gasteiger partial charge in [-0.1, -0.05) is 28.3 Å². The summed E-state index contributed by atoms with van der Waals surface area (Å²) in [5, 5.41) is 17.1. The van der Waals surface area contributed by atoms with E-state index >= 15 is 0 Å². The average Bonchev–Trinajstić information content (AvgIpc) is 2.69. The third-order valence-electron chi connectivity index (χ3n) is 2.51. The van der Waals surface area contributed by atoms with Crippen molar-refractivity contribution in [3.05, 3.63) is 25.5 Å². The first-order valence-electron chi connectivity index (χ1n) is 6.59. The molecule has 0 bridgehead atoms. The molecule has 0 unspecified atom stereocenters. The number of aliphatic hydroxyl groups is 1. The number of nitrogens with zero attached hydrogens (tertiary/aromatic N) is 2. The number of azo groups is 1. The van der Waals surface area contributed by atoms with Crippen molar-refractivity contribution in [1.82, 2.24) is 0 Å². The van der Waals surface area contributed by atoms with Gasteiger partial charge < -0.3 is 14.6 Å². The van der Waals surface area contributed by atoms with Gasteiger partial charge in [-0.15, -0.1) is 16.5 Å². The summed E-state index contributed by atoms with van der Waals surface area (Å²) in [6.45, 7) is 6.54. The molecule has 0 atom stereocenters. The Balaban J connectivity index is 3.31. The quantitative estimate of drug-likeness (QED) is 0.330. The first-order chi connectivity index (χ1) is 11.0. The molecule has 1 N–H and O–H groups in total. The molecule has 132 valence electrons. The number of ether oxygens (including phenoxy) is 2. The van der Waals surface area contributed by atoms with Crippen LogP contribution in [0.25, 0.3) is 5.76 Å². The van der Waals surface area contributed by atoms with E-state index in [0.29, 0.717) is 9.90 Å². The highest BCUT2D eigenvalue weighted by atomic mass is 35.5. The van der Waals surface area contributed by atoms with E-state index in [1.807, 2.05) is 0 Å². The Bertz CT molecular complexity index is 719. The van der Waals surface area contributed by atoms with Crippen molar-refractivity contribution in [2.45, 2.75) is 33.3 Å². The van der Waals surface area contributed by atoms with E-state index in [2.05, 4.69) is 15.0 Å². The van der Waals surface area contributed by atoms with Gasteiger partial charge in [0.1, 0.15) is 9.94 Å². The van der Waals surface area contributed by atoms with Crippen LogP contribution < -0.4 is 0 Å². The van der Waals surface area contributed by atoms with Gasteiger partial charge in [-0.3, -0.25) is 0 Å². The maximum atomic E-state index is 11.8. The molecule has 0 aromatic carbocycles. The fourth-order valence-corrected chi connectivity index (χ4v) is 3.17. The maximum absolute atomic E-state index is 11.8. The van der Waals surface area contributed by atoms with Crippen molar-refractivity contribution in [3.8, 4) is 0 Å². The third kappa shape index (κ3) is 5.19. The molecule has 1 amide bonds. The molecule has 0 aliphatic rings. The lowest BCUT2D eigenvalue weighted by Gasteiger charge is -2.16. The molecule has 0 radical (unpaired) electrons. The molecule has 0 saturated carbocycles. The van der Waals surface area contributed by atoms with Gasteiger partial charge in [0.05, 0.1) is 17.0 Å². The average molecular weight is 395 g/mol. The summed E-state index contributed by atoms with van der Waals surface area (Å²) in [6.07, 6.45) is -1.03. The molecular weight excluding hydrogens is 379 g/mol. The fraction of sp³-hybridized carbons (Fsp3) is 0.429. The van der Waals surface area contributed by atoms with Crippen molar-refractivity contribution in [2.75, 3.05) is 7.11 Å². The van der Waals surface area contributed by atoms with Crippen LogP contribution in [0.5, 0.6) is 0 Å². The molecule has 0 saturated heterocycles. The van der Waals surface area contributed by atoms with E-state index in [4.69, 9.17) is 27.9 Å². The van der Waals surface area contributed by atoms with Gasteiger partial charge in [0.25, 0.3) is 0 Å². The zero-order valence-corrected chi connectivity index (χ0v) is 16.0. The Kier molecular flexibility index (Phi) is 6.76. The summed E-state index contributed by atoms with van der Waals surface area (Å²) in [5.41, 5.74) is -0.801. The molecule has 10 heteroatoms. The van der Waals surface area contributed by atoms with Crippen LogP contribution in [0.4, 0.5) is 4.79 Å². The monoisotopic (exact) mass is 394 g/mol. The van der Waals surface area contributed by atoms with Gasteiger partial charge in [0.15, 0.2) is 5.76 Å². The van der Waals surface area contributed by atoms with Gasteiger partial charge in [0.2, 0.25) is 5.70 Å². The lowest BCUT2D eigenvalue weighted by molar-refractivity contribution is -0.136. The molecule has 1 rings (SSSR count). The van der Waals surface area contributed by atoms with E-state index in [1.54, 1.807) is 27.7 Å². The second-order valence-corrected chi connectivity index (χ2v) is 7.74. The summed E-state index contributed by atoms with van der Waals surface area (Å²) in [7, 11) is 1.09. The number of thiophene rings is 1. The molecule has 1 aromatic rings. The Hall–Kier alpha value is -1.64. The predicted octanol–water partition coefficient (Wildman–Crippen LogP) is 5.15. The highest BCUT2D eigenvalue weighted by Gasteiger charge is 2.24. The lowest BCUT2D eigenvalue weighted by Crippen LogP contribution is -2.21. The molecule has 1 aromatic heterocycles. The van der Waals surface area contributed by atoms with Crippen LogP contribution in [0.1, 0.15) is 31.9 Å². The van der Waals surface area contributed by atoms with Crippen molar-refractivity contribution < 1.29 is 24.2 Å². The highest BCUT2D eigenvalue weighted by Crippen LogP contribution is 2.40. The second kappa shape index (κ2) is 7.96. The molecule has 0 fully saturated rings. The van der Waals surface area contributed by atoms with E-state index in [-0.39, 0.29) is 9.90 Å². The summed E-state index contributed by atoms with van der Waals surface area (Å²) < 4.78 is 9.98. The van der Waals surface area contributed by atoms with Crippen LogP contribution in [0, 0.1) is 6.92 Å². The smallest absolute Gasteiger partial charge is 0.452 e. The van der Waals surface area contributed by atoms with E-state index in [1.165, 1.54) is 0 Å². The van der Waals surface area contributed by atoms with Crippen LogP contribution in [0.2, 0.25) is 8.67 Å². The number of esters is 1. The summed E-state index contributed by atoms with van der Waals surface area (Å²) in [4.78, 5) is 23.4. The van der Waals surface area contributed by atoms with Gasteiger partial charge in [-0.25, -0.2) is 9.59 Å². The van der Waals surface area contributed by atoms with E-state index in [0.717, 1.165) is 18.4 Å². The van der Waals surface area contributed by atoms with Crippen LogP contribution in [-0.4, -0.2) is 29.9 Å². The van der Waals surface area contributed by atoms with Crippen LogP contribution in [0.3, 0.4) is 0 Å². The van der Waals surface area contributed by atoms with Crippen molar-refractivity contribution in [2.24, 2.45) is 10.2 Å². The number of aliphatic hydroxyl groups excluding tert-OH is 1. The Morgan fingerprint density at radius 1 is 1.17 bits per heavy atom. The van der Waals surface area contributed by atoms with E-state index in [9.17, 15) is 14.7 Å². The largest absolute Gasteiger partial charge is 0.505 e. The lowest BCUT2D eigenvalue weighted by atomic mass is 10.1. The molecule has 7 nitrogen and oxygen atoms in total. The van der Waals surface area contributed by atoms with Gasteiger partial charge >= 0.3 is 12.1 Å². The zero-order valence-electron chi connectivity index (χ0n) is 13.6. The Labute approximate surface area is 152 Å². The van der Waals surface area contributed by atoms with Gasteiger partial charge in [0, 0.05) is 0 Å². The molecule has 24 heavy (non-hydrogen) atoms. The number of methoxy groups -OCH3 is 1. The van der Waals surface area contributed by atoms with Crippen LogP contribution in [0.15, 0.2) is 15.9 Å². The standard InChI is InChI=1S/C14H16Cl2N2O5S/c1-6-7(11(16)24-10(6)15)9(19)8(12(20)22-5)17-18-13(21)23-14(2,3)4/h19H,1-5H3. The summed E-state index contributed by atoms with van der Waals surface area (Å²) in [6, 6.07) is 0. The van der Waals surface area contributed by atoms with Crippen LogP contribution in [-0.2, 0) is 14.3 Å². The van der Waals surface area contributed by atoms with Crippen molar-refractivity contribution in [1.29, 1.82) is 0 Å². The molecular formula is C14H16Cl2N2O5S. The first-order valence-corrected chi connectivity index (χ1v) is 8.16. The maximum Gasteiger partial charge on any atom is 0.452 e. The second-order valence-electron chi connectivity index (χ2n) is 5.52. The van der Waals surface area contributed by atoms with Crippen molar-refractivity contribution in [3.63, 3.8) is 0 Å². The zero-order chi connectivity index (χ0) is 18.7. The minimum absolute atomic E-state index is 0.121. The molecule has 0 aliphatic heterocycles. The minimum Gasteiger partial charge on any atom is -0.505 e.